The fourth-order valence-electron chi connectivity index (χ4n) is 5.90. The number of hydrogen-bond donors (Lipinski definition) is 0. The third-order valence-electron chi connectivity index (χ3n) is 8.06. The van der Waals surface area contributed by atoms with Crippen LogP contribution in [-0.2, 0) is 42.8 Å². The van der Waals surface area contributed by atoms with Crippen LogP contribution in [0.25, 0.3) is 0 Å². The second-order valence-corrected chi connectivity index (χ2v) is 10.6. The lowest BCUT2D eigenvalue weighted by atomic mass is 9.75. The van der Waals surface area contributed by atoms with E-state index in [0.717, 1.165) is 42.4 Å². The van der Waals surface area contributed by atoms with E-state index in [-0.39, 0.29) is 23.1 Å². The standard InChI is InChI=1S/C27H28F3N5O2/c1-34-16-31-33-24(34)12-26(14-37-15-26)18-10-19(9-17-5-2-3-6-17)32-23(11-18)35-13-21-20(25(35)36)7-4-8-22(21)27(28,29)30/h4,7-8,10-11,16-17H,2-3,5-6,9,12-15H2,1H3. The highest BCUT2D eigenvalue weighted by atomic mass is 19.4. The number of nitrogens with zero attached hydrogens (tertiary/aromatic N) is 5. The summed E-state index contributed by atoms with van der Waals surface area (Å²) in [4.78, 5) is 19.6. The molecule has 194 valence electrons. The number of ether oxygens (including phenoxy) is 1. The van der Waals surface area contributed by atoms with Crippen LogP contribution in [0, 0.1) is 5.92 Å². The summed E-state index contributed by atoms with van der Waals surface area (Å²) in [6.45, 7) is 0.813. The molecule has 1 aromatic carbocycles. The Morgan fingerprint density at radius 2 is 1.95 bits per heavy atom. The first kappa shape index (κ1) is 24.1. The monoisotopic (exact) mass is 511 g/mol. The van der Waals surface area contributed by atoms with E-state index in [9.17, 15) is 18.0 Å². The molecule has 0 N–H and O–H groups in total. The molecule has 1 aliphatic carbocycles. The number of carbonyl (C=O) groups is 1. The normalized spacial score (nSPS) is 19.4. The van der Waals surface area contributed by atoms with Gasteiger partial charge >= 0.3 is 6.18 Å². The van der Waals surface area contributed by atoms with E-state index >= 15 is 0 Å². The first-order valence-electron chi connectivity index (χ1n) is 12.7. The molecule has 1 saturated carbocycles. The van der Waals surface area contributed by atoms with Crippen LogP contribution in [0.1, 0.15) is 64.2 Å². The maximum atomic E-state index is 13.7. The Morgan fingerprint density at radius 3 is 2.59 bits per heavy atom. The van der Waals surface area contributed by atoms with Crippen molar-refractivity contribution in [2.45, 2.75) is 56.7 Å². The van der Waals surface area contributed by atoms with Gasteiger partial charge in [0.25, 0.3) is 5.91 Å². The Labute approximate surface area is 212 Å². The SMILES string of the molecule is Cn1cnnc1CC1(c2cc(CC3CCCC3)nc(N3Cc4c(cccc4C(F)(F)F)C3=O)c2)COC1. The lowest BCUT2D eigenvalue weighted by Gasteiger charge is -2.42. The largest absolute Gasteiger partial charge is 0.416 e. The zero-order valence-corrected chi connectivity index (χ0v) is 20.6. The molecule has 2 aromatic heterocycles. The van der Waals surface area contributed by atoms with Gasteiger partial charge in [-0.3, -0.25) is 9.69 Å². The molecular weight excluding hydrogens is 483 g/mol. The van der Waals surface area contributed by atoms with Crippen molar-refractivity contribution in [1.82, 2.24) is 19.7 Å². The van der Waals surface area contributed by atoms with Gasteiger partial charge < -0.3 is 9.30 Å². The van der Waals surface area contributed by atoms with Crippen LogP contribution in [0.15, 0.2) is 36.7 Å². The van der Waals surface area contributed by atoms with Crippen LogP contribution >= 0.6 is 0 Å². The van der Waals surface area contributed by atoms with E-state index in [1.165, 1.54) is 29.9 Å². The number of aryl methyl sites for hydroxylation is 1. The summed E-state index contributed by atoms with van der Waals surface area (Å²) in [5.41, 5.74) is 0.790. The number of rotatable bonds is 6. The van der Waals surface area contributed by atoms with Crippen molar-refractivity contribution >= 4 is 11.7 Å². The Hall–Kier alpha value is -3.27. The van der Waals surface area contributed by atoms with E-state index in [1.807, 2.05) is 17.7 Å². The van der Waals surface area contributed by atoms with Gasteiger partial charge in [0.1, 0.15) is 18.0 Å². The van der Waals surface area contributed by atoms with Gasteiger partial charge in [0.2, 0.25) is 0 Å². The number of hydrogen-bond acceptors (Lipinski definition) is 5. The first-order chi connectivity index (χ1) is 17.7. The van der Waals surface area contributed by atoms with Crippen LogP contribution in [-0.4, -0.2) is 38.9 Å². The van der Waals surface area contributed by atoms with Gasteiger partial charge in [-0.2, -0.15) is 13.2 Å². The summed E-state index contributed by atoms with van der Waals surface area (Å²) in [6.07, 6.45) is 3.17. The van der Waals surface area contributed by atoms with Crippen molar-refractivity contribution < 1.29 is 22.7 Å². The lowest BCUT2D eigenvalue weighted by molar-refractivity contribution is -0.138. The zero-order chi connectivity index (χ0) is 25.8. The van der Waals surface area contributed by atoms with Crippen LogP contribution in [0.5, 0.6) is 0 Å². The van der Waals surface area contributed by atoms with Gasteiger partial charge in [-0.05, 0) is 47.7 Å². The summed E-state index contributed by atoms with van der Waals surface area (Å²) in [5.74, 6) is 1.28. The molecule has 4 heterocycles. The van der Waals surface area contributed by atoms with Crippen LogP contribution < -0.4 is 4.90 Å². The number of alkyl halides is 3. The molecule has 3 aromatic rings. The molecule has 7 nitrogen and oxygen atoms in total. The van der Waals surface area contributed by atoms with Gasteiger partial charge in [-0.1, -0.05) is 31.7 Å². The Bertz CT molecular complexity index is 1340. The first-order valence-corrected chi connectivity index (χ1v) is 12.7. The third kappa shape index (κ3) is 4.31. The smallest absolute Gasteiger partial charge is 0.379 e. The van der Waals surface area contributed by atoms with Gasteiger partial charge in [0.05, 0.1) is 25.3 Å². The minimum Gasteiger partial charge on any atom is -0.379 e. The summed E-state index contributed by atoms with van der Waals surface area (Å²) < 4.78 is 48.7. The zero-order valence-electron chi connectivity index (χ0n) is 20.6. The molecule has 0 unspecified atom stereocenters. The topological polar surface area (TPSA) is 73.1 Å². The molecule has 6 rings (SSSR count). The Kier molecular flexibility index (Phi) is 5.82. The summed E-state index contributed by atoms with van der Waals surface area (Å²) in [6, 6.07) is 7.74. The maximum absolute atomic E-state index is 13.7. The predicted octanol–water partition coefficient (Wildman–Crippen LogP) is 4.63. The van der Waals surface area contributed by atoms with Crippen molar-refractivity contribution in [3.05, 3.63) is 70.4 Å². The molecule has 1 saturated heterocycles. The van der Waals surface area contributed by atoms with Gasteiger partial charge in [0, 0.05) is 30.1 Å². The molecule has 0 radical (unpaired) electrons. The minimum absolute atomic E-state index is 0.00493. The number of fused-ring (bicyclic) bond motifs is 1. The van der Waals surface area contributed by atoms with Crippen molar-refractivity contribution in [2.75, 3.05) is 18.1 Å². The third-order valence-corrected chi connectivity index (χ3v) is 8.06. The van der Waals surface area contributed by atoms with E-state index in [2.05, 4.69) is 16.3 Å². The highest BCUT2D eigenvalue weighted by Gasteiger charge is 2.44. The summed E-state index contributed by atoms with van der Waals surface area (Å²) in [7, 11) is 1.89. The lowest BCUT2D eigenvalue weighted by Crippen LogP contribution is -2.49. The molecule has 1 amide bonds. The number of pyridine rings is 1. The number of aromatic nitrogens is 4. The molecule has 37 heavy (non-hydrogen) atoms. The van der Waals surface area contributed by atoms with E-state index in [1.54, 1.807) is 6.33 Å². The number of benzene rings is 1. The van der Waals surface area contributed by atoms with Crippen molar-refractivity contribution in [3.8, 4) is 0 Å². The fourth-order valence-corrected chi connectivity index (χ4v) is 5.90. The molecule has 2 fully saturated rings. The second kappa shape index (κ2) is 8.93. The average Bonchev–Trinajstić information content (AvgIpc) is 3.57. The minimum atomic E-state index is -4.53. The van der Waals surface area contributed by atoms with Gasteiger partial charge in [-0.25, -0.2) is 4.98 Å². The highest BCUT2D eigenvalue weighted by Crippen LogP contribution is 2.41. The number of anilines is 1. The van der Waals surface area contributed by atoms with Crippen LogP contribution in [0.2, 0.25) is 0 Å². The van der Waals surface area contributed by atoms with Crippen LogP contribution in [0.3, 0.4) is 0 Å². The van der Waals surface area contributed by atoms with Crippen LogP contribution in [0.4, 0.5) is 19.0 Å². The maximum Gasteiger partial charge on any atom is 0.416 e. The predicted molar refractivity (Wildman–Crippen MR) is 129 cm³/mol. The Morgan fingerprint density at radius 1 is 1.16 bits per heavy atom. The number of carbonyl (C=O) groups excluding carboxylic acids is 1. The summed E-state index contributed by atoms with van der Waals surface area (Å²) >= 11 is 0. The molecule has 0 atom stereocenters. The van der Waals surface area contributed by atoms with E-state index in [4.69, 9.17) is 9.72 Å². The molecule has 2 aliphatic heterocycles. The van der Waals surface area contributed by atoms with Crippen molar-refractivity contribution in [2.24, 2.45) is 13.0 Å². The molecule has 0 bridgehead atoms. The Balaban J connectivity index is 1.40. The van der Waals surface area contributed by atoms with Crippen molar-refractivity contribution in [3.63, 3.8) is 0 Å². The summed E-state index contributed by atoms with van der Waals surface area (Å²) in [5, 5.41) is 8.26. The molecule has 10 heteroatoms. The van der Waals surface area contributed by atoms with Gasteiger partial charge in [-0.15, -0.1) is 10.2 Å². The molecule has 3 aliphatic rings. The average molecular weight is 512 g/mol. The van der Waals surface area contributed by atoms with Crippen molar-refractivity contribution in [1.29, 1.82) is 0 Å². The fraction of sp³-hybridized carbons (Fsp3) is 0.481. The van der Waals surface area contributed by atoms with Gasteiger partial charge in [0.15, 0.2) is 0 Å². The number of amides is 1. The molecular formula is C27H28F3N5O2. The molecule has 0 spiro atoms. The van der Waals surface area contributed by atoms with E-state index < -0.39 is 17.6 Å². The second-order valence-electron chi connectivity index (χ2n) is 10.6. The van der Waals surface area contributed by atoms with E-state index in [0.29, 0.717) is 31.4 Å². The highest BCUT2D eigenvalue weighted by molar-refractivity contribution is 6.09. The quantitative estimate of drug-likeness (QED) is 0.483. The number of halogens is 3.